The van der Waals surface area contributed by atoms with E-state index in [-0.39, 0.29) is 11.9 Å². The summed E-state index contributed by atoms with van der Waals surface area (Å²) in [6.45, 7) is 1.90. The number of amides is 1. The van der Waals surface area contributed by atoms with Gasteiger partial charge in [-0.25, -0.2) is 0 Å². The van der Waals surface area contributed by atoms with Crippen molar-refractivity contribution in [2.45, 2.75) is 25.8 Å². The number of carbonyl (C=O) groups excluding carboxylic acids is 1. The normalized spacial score (nSPS) is 22.6. The summed E-state index contributed by atoms with van der Waals surface area (Å²) in [7, 11) is 0. The van der Waals surface area contributed by atoms with E-state index >= 15 is 0 Å². The van der Waals surface area contributed by atoms with Gasteiger partial charge >= 0.3 is 5.97 Å². The Kier molecular flexibility index (Phi) is 5.17. The molecule has 0 saturated carbocycles. The Balaban J connectivity index is 2.06. The van der Waals surface area contributed by atoms with Crippen LogP contribution in [0, 0.1) is 11.8 Å². The van der Waals surface area contributed by atoms with Gasteiger partial charge in [-0.05, 0) is 37.5 Å². The zero-order chi connectivity index (χ0) is 15.4. The van der Waals surface area contributed by atoms with E-state index in [4.69, 9.17) is 0 Å². The van der Waals surface area contributed by atoms with Gasteiger partial charge < -0.3 is 10.4 Å². The van der Waals surface area contributed by atoms with Crippen LogP contribution in [-0.4, -0.2) is 17.0 Å². The molecule has 3 atom stereocenters. The van der Waals surface area contributed by atoms with Crippen molar-refractivity contribution >= 4 is 27.8 Å². The lowest BCUT2D eigenvalue weighted by Gasteiger charge is -2.26. The molecular weight excluding hydrogens is 334 g/mol. The molecule has 112 valence electrons. The molecule has 4 nitrogen and oxygen atoms in total. The second-order valence-corrected chi connectivity index (χ2v) is 6.19. The molecule has 0 aromatic heterocycles. The first-order chi connectivity index (χ1) is 9.99. The number of nitrogens with one attached hydrogen (secondary N) is 1. The van der Waals surface area contributed by atoms with Crippen LogP contribution in [-0.2, 0) is 9.59 Å². The highest BCUT2D eigenvalue weighted by Gasteiger charge is 2.34. The van der Waals surface area contributed by atoms with E-state index in [1.807, 2.05) is 43.3 Å². The molecule has 0 fully saturated rings. The van der Waals surface area contributed by atoms with Gasteiger partial charge in [0.2, 0.25) is 5.91 Å². The summed E-state index contributed by atoms with van der Waals surface area (Å²) >= 11 is 3.40. The fourth-order valence-corrected chi connectivity index (χ4v) is 2.97. The van der Waals surface area contributed by atoms with Crippen LogP contribution in [0.15, 0.2) is 40.9 Å². The van der Waals surface area contributed by atoms with Gasteiger partial charge in [0.1, 0.15) is 0 Å². The monoisotopic (exact) mass is 351 g/mol. The smallest absolute Gasteiger partial charge is 0.307 e. The number of hydrogen-bond acceptors (Lipinski definition) is 2. The lowest BCUT2D eigenvalue weighted by molar-refractivity contribution is -0.147. The van der Waals surface area contributed by atoms with E-state index < -0.39 is 17.8 Å². The predicted octanol–water partition coefficient (Wildman–Crippen LogP) is 3.29. The van der Waals surface area contributed by atoms with Gasteiger partial charge in [0.05, 0.1) is 17.9 Å². The molecule has 1 aromatic carbocycles. The third-order valence-corrected chi connectivity index (χ3v) is 4.29. The third-order valence-electron chi connectivity index (χ3n) is 3.79. The average molecular weight is 352 g/mol. The molecule has 0 heterocycles. The maximum Gasteiger partial charge on any atom is 0.307 e. The number of rotatable bonds is 4. The second kappa shape index (κ2) is 6.89. The van der Waals surface area contributed by atoms with Crippen LogP contribution in [0.1, 0.15) is 31.4 Å². The summed E-state index contributed by atoms with van der Waals surface area (Å²) < 4.78 is 0.949. The third kappa shape index (κ3) is 3.94. The zero-order valence-corrected chi connectivity index (χ0v) is 13.3. The summed E-state index contributed by atoms with van der Waals surface area (Å²) in [5, 5.41) is 12.1. The summed E-state index contributed by atoms with van der Waals surface area (Å²) in [5.41, 5.74) is 0.982. The van der Waals surface area contributed by atoms with E-state index in [2.05, 4.69) is 21.2 Å². The van der Waals surface area contributed by atoms with Gasteiger partial charge in [-0.1, -0.05) is 40.2 Å². The molecule has 2 N–H and O–H groups in total. The Morgan fingerprint density at radius 2 is 1.95 bits per heavy atom. The molecule has 0 unspecified atom stereocenters. The van der Waals surface area contributed by atoms with Crippen LogP contribution in [0.3, 0.4) is 0 Å². The quantitative estimate of drug-likeness (QED) is 0.818. The van der Waals surface area contributed by atoms with Crippen LogP contribution in [0.25, 0.3) is 0 Å². The fourth-order valence-electron chi connectivity index (χ4n) is 2.56. The highest BCUT2D eigenvalue weighted by Crippen LogP contribution is 2.27. The average Bonchev–Trinajstić information content (AvgIpc) is 2.47. The number of carboxylic acids is 1. The van der Waals surface area contributed by atoms with Crippen LogP contribution in [0.5, 0.6) is 0 Å². The molecule has 1 aromatic rings. The second-order valence-electron chi connectivity index (χ2n) is 5.28. The molecule has 0 bridgehead atoms. The molecule has 0 saturated heterocycles. The minimum Gasteiger partial charge on any atom is -0.481 e. The molecule has 2 rings (SSSR count). The Labute approximate surface area is 132 Å². The van der Waals surface area contributed by atoms with Crippen LogP contribution >= 0.6 is 15.9 Å². The number of allylic oxidation sites excluding steroid dienone is 2. The van der Waals surface area contributed by atoms with E-state index in [1.54, 1.807) is 0 Å². The van der Waals surface area contributed by atoms with E-state index in [1.165, 1.54) is 0 Å². The number of benzene rings is 1. The Hall–Kier alpha value is -1.62. The van der Waals surface area contributed by atoms with Crippen molar-refractivity contribution < 1.29 is 14.7 Å². The molecule has 0 radical (unpaired) electrons. The maximum absolute atomic E-state index is 12.4. The minimum atomic E-state index is -0.908. The van der Waals surface area contributed by atoms with E-state index in [0.29, 0.717) is 12.8 Å². The highest BCUT2D eigenvalue weighted by molar-refractivity contribution is 9.10. The summed E-state index contributed by atoms with van der Waals surface area (Å²) in [6.07, 6.45) is 4.61. The number of hydrogen-bond donors (Lipinski definition) is 2. The molecule has 5 heteroatoms. The number of carboxylic acid groups (broad SMARTS) is 1. The molecule has 0 aliphatic heterocycles. The minimum absolute atomic E-state index is 0.157. The van der Waals surface area contributed by atoms with Crippen molar-refractivity contribution in [1.82, 2.24) is 5.32 Å². The molecule has 21 heavy (non-hydrogen) atoms. The predicted molar refractivity (Wildman–Crippen MR) is 83.7 cm³/mol. The molecular formula is C16H18BrNO3. The van der Waals surface area contributed by atoms with Crippen molar-refractivity contribution in [3.8, 4) is 0 Å². The maximum atomic E-state index is 12.4. The van der Waals surface area contributed by atoms with Gasteiger partial charge in [-0.3, -0.25) is 9.59 Å². The highest BCUT2D eigenvalue weighted by atomic mass is 79.9. The van der Waals surface area contributed by atoms with Gasteiger partial charge in [-0.15, -0.1) is 0 Å². The first kappa shape index (κ1) is 15.8. The fraction of sp³-hybridized carbons (Fsp3) is 0.375. The van der Waals surface area contributed by atoms with Crippen LogP contribution in [0.4, 0.5) is 0 Å². The standard InChI is InChI=1S/C16H18BrNO3/c1-10(11-5-4-6-12(17)9-11)18-15(19)13-7-2-3-8-14(13)16(20)21/h2-6,9-10,13-14H,7-8H2,1H3,(H,18,19)(H,20,21)/t10-,13+,14-/m0/s1. The first-order valence-corrected chi connectivity index (χ1v) is 7.72. The largest absolute Gasteiger partial charge is 0.481 e. The van der Waals surface area contributed by atoms with E-state index in [9.17, 15) is 14.7 Å². The zero-order valence-electron chi connectivity index (χ0n) is 11.8. The lowest BCUT2D eigenvalue weighted by Crippen LogP contribution is -2.39. The van der Waals surface area contributed by atoms with Crippen molar-refractivity contribution in [3.63, 3.8) is 0 Å². The SMILES string of the molecule is C[C@H](NC(=O)[C@@H]1CC=CC[C@@H]1C(=O)O)c1cccc(Br)c1. The van der Waals surface area contributed by atoms with Crippen molar-refractivity contribution in [3.05, 3.63) is 46.5 Å². The summed E-state index contributed by atoms with van der Waals surface area (Å²) in [6, 6.07) is 7.55. The molecule has 0 spiro atoms. The summed E-state index contributed by atoms with van der Waals surface area (Å²) in [5.74, 6) is -2.24. The number of halogens is 1. The number of aliphatic carboxylic acids is 1. The molecule has 1 amide bonds. The molecule has 1 aliphatic carbocycles. The Bertz CT molecular complexity index is 570. The van der Waals surface area contributed by atoms with Gasteiger partial charge in [-0.2, -0.15) is 0 Å². The van der Waals surface area contributed by atoms with Crippen molar-refractivity contribution in [2.75, 3.05) is 0 Å². The lowest BCUT2D eigenvalue weighted by atomic mass is 9.82. The van der Waals surface area contributed by atoms with Crippen molar-refractivity contribution in [1.29, 1.82) is 0 Å². The number of carbonyl (C=O) groups is 2. The molecule has 1 aliphatic rings. The van der Waals surface area contributed by atoms with Crippen LogP contribution in [0.2, 0.25) is 0 Å². The van der Waals surface area contributed by atoms with Crippen molar-refractivity contribution in [2.24, 2.45) is 11.8 Å². The first-order valence-electron chi connectivity index (χ1n) is 6.92. The van der Waals surface area contributed by atoms with E-state index in [0.717, 1.165) is 10.0 Å². The topological polar surface area (TPSA) is 66.4 Å². The Morgan fingerprint density at radius 3 is 2.57 bits per heavy atom. The van der Waals surface area contributed by atoms with Gasteiger partial charge in [0.25, 0.3) is 0 Å². The summed E-state index contributed by atoms with van der Waals surface area (Å²) in [4.78, 5) is 23.6. The van der Waals surface area contributed by atoms with Gasteiger partial charge in [0, 0.05) is 4.47 Å². The van der Waals surface area contributed by atoms with Crippen LogP contribution < -0.4 is 5.32 Å². The Morgan fingerprint density at radius 1 is 1.29 bits per heavy atom. The van der Waals surface area contributed by atoms with Gasteiger partial charge in [0.15, 0.2) is 0 Å².